The van der Waals surface area contributed by atoms with E-state index in [1.54, 1.807) is 7.11 Å². The number of amides is 1. The number of carbonyl (C=O) groups excluding carboxylic acids is 1. The highest BCUT2D eigenvalue weighted by Gasteiger charge is 2.30. The van der Waals surface area contributed by atoms with E-state index in [2.05, 4.69) is 10.3 Å². The van der Waals surface area contributed by atoms with Gasteiger partial charge in [0, 0.05) is 49.9 Å². The van der Waals surface area contributed by atoms with E-state index in [1.165, 1.54) is 5.56 Å². The van der Waals surface area contributed by atoms with Gasteiger partial charge in [0.15, 0.2) is 5.82 Å². The van der Waals surface area contributed by atoms with Gasteiger partial charge in [0.05, 0.1) is 13.2 Å². The number of hydrogen-bond acceptors (Lipinski definition) is 5. The van der Waals surface area contributed by atoms with Crippen LogP contribution in [-0.4, -0.2) is 41.0 Å². The summed E-state index contributed by atoms with van der Waals surface area (Å²) in [6.45, 7) is 2.58. The van der Waals surface area contributed by atoms with Gasteiger partial charge in [-0.1, -0.05) is 18.2 Å². The molecular formula is C22H28N4O2. The van der Waals surface area contributed by atoms with Crippen LogP contribution in [0.15, 0.2) is 30.5 Å². The molecule has 1 atom stereocenters. The monoisotopic (exact) mass is 380 g/mol. The molecule has 1 fully saturated rings. The molecule has 2 aliphatic heterocycles. The van der Waals surface area contributed by atoms with Crippen molar-refractivity contribution < 1.29 is 9.53 Å². The first-order valence-corrected chi connectivity index (χ1v) is 10.2. The molecule has 0 radical (unpaired) electrons. The van der Waals surface area contributed by atoms with E-state index < -0.39 is 0 Å². The van der Waals surface area contributed by atoms with Crippen LogP contribution < -0.4 is 10.1 Å². The fourth-order valence-corrected chi connectivity index (χ4v) is 4.21. The van der Waals surface area contributed by atoms with Crippen LogP contribution in [0, 0.1) is 0 Å². The molecule has 4 rings (SSSR count). The largest absolute Gasteiger partial charge is 0.496 e. The Balaban J connectivity index is 1.48. The first-order valence-electron chi connectivity index (χ1n) is 10.2. The van der Waals surface area contributed by atoms with Gasteiger partial charge in [-0.15, -0.1) is 0 Å². The zero-order valence-electron chi connectivity index (χ0n) is 16.5. The molecule has 148 valence electrons. The standard InChI is InChI=1S/C22H28N4O2/c1-28-20-8-3-2-6-16(20)9-10-21(27)26-13-5-4-7-19(26)22-24-15-17-14-23-12-11-18(17)25-22/h2-3,6,8,15,19,23H,4-5,7,9-14H2,1H3. The number of carbonyl (C=O) groups is 1. The number of benzene rings is 1. The smallest absolute Gasteiger partial charge is 0.223 e. The number of aryl methyl sites for hydroxylation is 1. The molecule has 0 saturated carbocycles. The van der Waals surface area contributed by atoms with Gasteiger partial charge >= 0.3 is 0 Å². The molecule has 6 nitrogen and oxygen atoms in total. The fraction of sp³-hybridized carbons (Fsp3) is 0.500. The Morgan fingerprint density at radius 1 is 1.32 bits per heavy atom. The maximum atomic E-state index is 13.1. The van der Waals surface area contributed by atoms with Crippen molar-refractivity contribution in [1.82, 2.24) is 20.2 Å². The number of likely N-dealkylation sites (tertiary alicyclic amines) is 1. The molecule has 0 bridgehead atoms. The number of hydrogen-bond donors (Lipinski definition) is 1. The van der Waals surface area contributed by atoms with Crippen molar-refractivity contribution in [2.45, 2.75) is 51.1 Å². The molecule has 1 amide bonds. The maximum Gasteiger partial charge on any atom is 0.223 e. The first-order chi connectivity index (χ1) is 13.8. The van der Waals surface area contributed by atoms with Gasteiger partial charge in [-0.2, -0.15) is 0 Å². The molecule has 1 N–H and O–H groups in total. The van der Waals surface area contributed by atoms with Gasteiger partial charge in [-0.3, -0.25) is 4.79 Å². The lowest BCUT2D eigenvalue weighted by molar-refractivity contribution is -0.135. The summed E-state index contributed by atoms with van der Waals surface area (Å²) in [6.07, 6.45) is 7.13. The highest BCUT2D eigenvalue weighted by atomic mass is 16.5. The van der Waals surface area contributed by atoms with E-state index in [-0.39, 0.29) is 11.9 Å². The molecule has 2 aliphatic rings. The van der Waals surface area contributed by atoms with Gasteiger partial charge in [0.1, 0.15) is 5.75 Å². The normalized spacial score (nSPS) is 19.2. The van der Waals surface area contributed by atoms with E-state index in [9.17, 15) is 4.79 Å². The predicted octanol–water partition coefficient (Wildman–Crippen LogP) is 2.82. The number of piperidine rings is 1. The second-order valence-corrected chi connectivity index (χ2v) is 7.54. The van der Waals surface area contributed by atoms with Crippen LogP contribution in [0.3, 0.4) is 0 Å². The molecule has 0 spiro atoms. The van der Waals surface area contributed by atoms with Gasteiger partial charge in [-0.05, 0) is 37.3 Å². The summed E-state index contributed by atoms with van der Waals surface area (Å²) in [7, 11) is 1.67. The Bertz CT molecular complexity index is 839. The van der Waals surface area contributed by atoms with Crippen LogP contribution in [0.4, 0.5) is 0 Å². The molecule has 1 aromatic heterocycles. The molecule has 0 aliphatic carbocycles. The lowest BCUT2D eigenvalue weighted by atomic mass is 9.99. The van der Waals surface area contributed by atoms with E-state index in [4.69, 9.17) is 9.72 Å². The van der Waals surface area contributed by atoms with Crippen molar-refractivity contribution >= 4 is 5.91 Å². The van der Waals surface area contributed by atoms with Crippen LogP contribution in [0.25, 0.3) is 0 Å². The quantitative estimate of drug-likeness (QED) is 0.864. The predicted molar refractivity (Wildman–Crippen MR) is 107 cm³/mol. The number of nitrogens with zero attached hydrogens (tertiary/aromatic N) is 3. The Kier molecular flexibility index (Phi) is 5.86. The van der Waals surface area contributed by atoms with Crippen molar-refractivity contribution in [3.8, 4) is 5.75 Å². The second-order valence-electron chi connectivity index (χ2n) is 7.54. The summed E-state index contributed by atoms with van der Waals surface area (Å²) >= 11 is 0. The van der Waals surface area contributed by atoms with Crippen LogP contribution in [0.2, 0.25) is 0 Å². The number of nitrogens with one attached hydrogen (secondary N) is 1. The van der Waals surface area contributed by atoms with Crippen LogP contribution in [0.1, 0.15) is 54.4 Å². The van der Waals surface area contributed by atoms with Crippen molar-refractivity contribution in [1.29, 1.82) is 0 Å². The summed E-state index contributed by atoms with van der Waals surface area (Å²) < 4.78 is 5.42. The van der Waals surface area contributed by atoms with Gasteiger partial charge in [0.25, 0.3) is 0 Å². The Hall–Kier alpha value is -2.47. The maximum absolute atomic E-state index is 13.1. The molecule has 6 heteroatoms. The van der Waals surface area contributed by atoms with Crippen LogP contribution >= 0.6 is 0 Å². The third-order valence-electron chi connectivity index (χ3n) is 5.75. The van der Waals surface area contributed by atoms with Crippen molar-refractivity contribution in [2.24, 2.45) is 0 Å². The summed E-state index contributed by atoms with van der Waals surface area (Å²) in [4.78, 5) is 24.5. The topological polar surface area (TPSA) is 67.3 Å². The zero-order chi connectivity index (χ0) is 19.3. The van der Waals surface area contributed by atoms with E-state index in [0.717, 1.165) is 68.1 Å². The molecule has 28 heavy (non-hydrogen) atoms. The van der Waals surface area contributed by atoms with E-state index in [0.29, 0.717) is 12.8 Å². The average molecular weight is 380 g/mol. The number of methoxy groups -OCH3 is 1. The number of rotatable bonds is 5. The highest BCUT2D eigenvalue weighted by Crippen LogP contribution is 2.30. The Labute approximate surface area is 166 Å². The summed E-state index contributed by atoms with van der Waals surface area (Å²) in [5.41, 5.74) is 3.39. The molecular weight excluding hydrogens is 352 g/mol. The lowest BCUT2D eigenvalue weighted by Gasteiger charge is -2.35. The zero-order valence-corrected chi connectivity index (χ0v) is 16.5. The van der Waals surface area contributed by atoms with Crippen molar-refractivity contribution in [2.75, 3.05) is 20.2 Å². The molecule has 3 heterocycles. The molecule has 1 saturated heterocycles. The summed E-state index contributed by atoms with van der Waals surface area (Å²) in [5, 5.41) is 3.35. The Morgan fingerprint density at radius 3 is 3.11 bits per heavy atom. The van der Waals surface area contributed by atoms with Gasteiger partial charge in [-0.25, -0.2) is 9.97 Å². The Morgan fingerprint density at radius 2 is 2.21 bits per heavy atom. The minimum atomic E-state index is -0.000829. The molecule has 1 unspecified atom stereocenters. The number of para-hydroxylation sites is 1. The number of ether oxygens (including phenoxy) is 1. The third-order valence-corrected chi connectivity index (χ3v) is 5.75. The van der Waals surface area contributed by atoms with E-state index in [1.807, 2.05) is 35.4 Å². The minimum Gasteiger partial charge on any atom is -0.496 e. The first kappa shape index (κ1) is 18.9. The van der Waals surface area contributed by atoms with Gasteiger partial charge in [0.2, 0.25) is 5.91 Å². The highest BCUT2D eigenvalue weighted by molar-refractivity contribution is 5.77. The fourth-order valence-electron chi connectivity index (χ4n) is 4.21. The number of aromatic nitrogens is 2. The molecule has 2 aromatic rings. The summed E-state index contributed by atoms with van der Waals surface area (Å²) in [5.74, 6) is 1.83. The lowest BCUT2D eigenvalue weighted by Crippen LogP contribution is -2.39. The minimum absolute atomic E-state index is 0.000829. The van der Waals surface area contributed by atoms with Crippen LogP contribution in [0.5, 0.6) is 5.75 Å². The summed E-state index contributed by atoms with van der Waals surface area (Å²) in [6, 6.07) is 7.91. The van der Waals surface area contributed by atoms with Crippen molar-refractivity contribution in [3.05, 3.63) is 53.1 Å². The van der Waals surface area contributed by atoms with Crippen LogP contribution in [-0.2, 0) is 24.2 Å². The molecule has 1 aromatic carbocycles. The average Bonchev–Trinajstić information content (AvgIpc) is 2.77. The number of fused-ring (bicyclic) bond motifs is 1. The second kappa shape index (κ2) is 8.69. The SMILES string of the molecule is COc1ccccc1CCC(=O)N1CCCCC1c1ncc2c(n1)CCNC2. The van der Waals surface area contributed by atoms with Gasteiger partial charge < -0.3 is 15.0 Å². The third kappa shape index (κ3) is 4.02. The van der Waals surface area contributed by atoms with E-state index >= 15 is 0 Å². The van der Waals surface area contributed by atoms with Crippen molar-refractivity contribution in [3.63, 3.8) is 0 Å².